The van der Waals surface area contributed by atoms with E-state index < -0.39 is 5.41 Å². The molecule has 1 aliphatic carbocycles. The Morgan fingerprint density at radius 1 is 1.05 bits per heavy atom. The summed E-state index contributed by atoms with van der Waals surface area (Å²) in [5.41, 5.74) is 1.99. The molecular weight excluding hydrogens is 260 g/mol. The number of Topliss-reactive ketones (excluding diaryl/α,β-unsaturated/α-hetero) is 2. The van der Waals surface area contributed by atoms with Crippen molar-refractivity contribution in [2.45, 2.75) is 26.2 Å². The summed E-state index contributed by atoms with van der Waals surface area (Å²) in [6, 6.07) is 17.0. The number of aryl methyl sites for hydroxylation is 1. The van der Waals surface area contributed by atoms with E-state index in [1.165, 1.54) is 0 Å². The van der Waals surface area contributed by atoms with E-state index in [2.05, 4.69) is 0 Å². The van der Waals surface area contributed by atoms with Crippen LogP contribution in [0.3, 0.4) is 0 Å². The second-order valence-corrected chi connectivity index (χ2v) is 6.01. The standard InChI is InChI=1S/C19H18O2/c1-19(13-17(20)15-8-3-2-4-9-15)12-11-14-7-5-6-10-16(14)18(19)21/h2-10H,11-13H2,1H3. The van der Waals surface area contributed by atoms with Crippen LogP contribution in [0, 0.1) is 5.41 Å². The molecule has 21 heavy (non-hydrogen) atoms. The van der Waals surface area contributed by atoms with Gasteiger partial charge in [-0.25, -0.2) is 0 Å². The summed E-state index contributed by atoms with van der Waals surface area (Å²) in [5, 5.41) is 0. The molecule has 2 aromatic carbocycles. The maximum Gasteiger partial charge on any atom is 0.169 e. The van der Waals surface area contributed by atoms with Crippen molar-refractivity contribution in [1.82, 2.24) is 0 Å². The first-order chi connectivity index (χ1) is 10.1. The van der Waals surface area contributed by atoms with Gasteiger partial charge in [0.25, 0.3) is 0 Å². The van der Waals surface area contributed by atoms with Crippen LogP contribution >= 0.6 is 0 Å². The van der Waals surface area contributed by atoms with Gasteiger partial charge in [0.1, 0.15) is 0 Å². The highest BCUT2D eigenvalue weighted by Crippen LogP contribution is 2.38. The van der Waals surface area contributed by atoms with Crippen LogP contribution in [0.15, 0.2) is 54.6 Å². The van der Waals surface area contributed by atoms with E-state index >= 15 is 0 Å². The van der Waals surface area contributed by atoms with Crippen molar-refractivity contribution in [3.05, 3.63) is 71.3 Å². The van der Waals surface area contributed by atoms with Crippen molar-refractivity contribution in [2.75, 3.05) is 0 Å². The minimum absolute atomic E-state index is 0.0471. The first-order valence-corrected chi connectivity index (χ1v) is 7.31. The van der Waals surface area contributed by atoms with Gasteiger partial charge in [-0.15, -0.1) is 0 Å². The summed E-state index contributed by atoms with van der Waals surface area (Å²) in [4.78, 5) is 25.2. The van der Waals surface area contributed by atoms with E-state index in [1.807, 2.05) is 61.5 Å². The van der Waals surface area contributed by atoms with Gasteiger partial charge in [0.05, 0.1) is 0 Å². The third-order valence-corrected chi connectivity index (χ3v) is 4.40. The van der Waals surface area contributed by atoms with E-state index in [0.29, 0.717) is 5.56 Å². The highest BCUT2D eigenvalue weighted by atomic mass is 16.1. The largest absolute Gasteiger partial charge is 0.294 e. The second kappa shape index (κ2) is 5.28. The van der Waals surface area contributed by atoms with Gasteiger partial charge in [-0.3, -0.25) is 9.59 Å². The lowest BCUT2D eigenvalue weighted by Crippen LogP contribution is -2.35. The van der Waals surface area contributed by atoms with Gasteiger partial charge in [-0.1, -0.05) is 61.5 Å². The molecule has 0 N–H and O–H groups in total. The molecule has 0 spiro atoms. The van der Waals surface area contributed by atoms with Crippen LogP contribution in [0.4, 0.5) is 0 Å². The average Bonchev–Trinajstić information content (AvgIpc) is 2.52. The zero-order valence-corrected chi connectivity index (χ0v) is 12.1. The lowest BCUT2D eigenvalue weighted by molar-refractivity contribution is 0.0715. The number of ketones is 2. The Labute approximate surface area is 124 Å². The Balaban J connectivity index is 1.86. The van der Waals surface area contributed by atoms with Crippen LogP contribution < -0.4 is 0 Å². The molecule has 0 saturated carbocycles. The summed E-state index contributed by atoms with van der Waals surface area (Å²) in [6.45, 7) is 1.92. The average molecular weight is 278 g/mol. The zero-order chi connectivity index (χ0) is 14.9. The van der Waals surface area contributed by atoms with E-state index in [9.17, 15) is 9.59 Å². The molecule has 3 rings (SSSR count). The third-order valence-electron chi connectivity index (χ3n) is 4.40. The molecule has 2 nitrogen and oxygen atoms in total. The van der Waals surface area contributed by atoms with Crippen molar-refractivity contribution in [1.29, 1.82) is 0 Å². The Bertz CT molecular complexity index is 688. The van der Waals surface area contributed by atoms with Crippen LogP contribution in [-0.4, -0.2) is 11.6 Å². The van der Waals surface area contributed by atoms with E-state index in [4.69, 9.17) is 0 Å². The second-order valence-electron chi connectivity index (χ2n) is 6.01. The van der Waals surface area contributed by atoms with E-state index in [0.717, 1.165) is 24.0 Å². The highest BCUT2D eigenvalue weighted by Gasteiger charge is 2.39. The SMILES string of the molecule is CC1(CC(=O)c2ccccc2)CCc2ccccc2C1=O. The van der Waals surface area contributed by atoms with Crippen molar-refractivity contribution >= 4 is 11.6 Å². The summed E-state index contributed by atoms with van der Waals surface area (Å²) in [7, 11) is 0. The Morgan fingerprint density at radius 3 is 2.48 bits per heavy atom. The molecule has 0 radical (unpaired) electrons. The number of rotatable bonds is 3. The fraction of sp³-hybridized carbons (Fsp3) is 0.263. The van der Waals surface area contributed by atoms with Gasteiger partial charge in [-0.2, -0.15) is 0 Å². The highest BCUT2D eigenvalue weighted by molar-refractivity contribution is 6.07. The predicted octanol–water partition coefficient (Wildman–Crippen LogP) is 4.09. The number of hydrogen-bond donors (Lipinski definition) is 0. The number of benzene rings is 2. The fourth-order valence-corrected chi connectivity index (χ4v) is 3.06. The number of fused-ring (bicyclic) bond motifs is 1. The maximum absolute atomic E-state index is 12.8. The maximum atomic E-state index is 12.8. The van der Waals surface area contributed by atoms with E-state index in [-0.39, 0.29) is 18.0 Å². The van der Waals surface area contributed by atoms with Gasteiger partial charge in [0.15, 0.2) is 11.6 Å². The molecule has 0 heterocycles. The molecule has 0 aliphatic heterocycles. The zero-order valence-electron chi connectivity index (χ0n) is 12.1. The predicted molar refractivity (Wildman–Crippen MR) is 82.6 cm³/mol. The van der Waals surface area contributed by atoms with Gasteiger partial charge in [0, 0.05) is 23.0 Å². The molecule has 106 valence electrons. The topological polar surface area (TPSA) is 34.1 Å². The fourth-order valence-electron chi connectivity index (χ4n) is 3.06. The van der Waals surface area contributed by atoms with Crippen LogP contribution in [0.25, 0.3) is 0 Å². The van der Waals surface area contributed by atoms with E-state index in [1.54, 1.807) is 0 Å². The van der Waals surface area contributed by atoms with Crippen LogP contribution in [0.5, 0.6) is 0 Å². The van der Waals surface area contributed by atoms with Crippen LogP contribution in [-0.2, 0) is 6.42 Å². The molecule has 1 unspecified atom stereocenters. The summed E-state index contributed by atoms with van der Waals surface area (Å²) < 4.78 is 0. The Morgan fingerprint density at radius 2 is 1.71 bits per heavy atom. The summed E-state index contributed by atoms with van der Waals surface area (Å²) >= 11 is 0. The quantitative estimate of drug-likeness (QED) is 0.792. The number of carbonyl (C=O) groups is 2. The summed E-state index contributed by atoms with van der Waals surface area (Å²) in [5.74, 6) is 0.152. The summed E-state index contributed by atoms with van der Waals surface area (Å²) in [6.07, 6.45) is 1.88. The molecule has 1 aliphatic rings. The third kappa shape index (κ3) is 2.54. The van der Waals surface area contributed by atoms with Gasteiger partial charge in [-0.05, 0) is 18.4 Å². The normalized spacial score (nSPS) is 20.9. The molecule has 2 heteroatoms. The van der Waals surface area contributed by atoms with Crippen molar-refractivity contribution in [2.24, 2.45) is 5.41 Å². The van der Waals surface area contributed by atoms with Crippen molar-refractivity contribution in [3.63, 3.8) is 0 Å². The number of carbonyl (C=O) groups excluding carboxylic acids is 2. The molecule has 0 amide bonds. The molecule has 1 atom stereocenters. The van der Waals surface area contributed by atoms with Crippen LogP contribution in [0.1, 0.15) is 46.0 Å². The minimum Gasteiger partial charge on any atom is -0.294 e. The van der Waals surface area contributed by atoms with Gasteiger partial charge < -0.3 is 0 Å². The molecule has 0 saturated heterocycles. The van der Waals surface area contributed by atoms with Crippen LogP contribution in [0.2, 0.25) is 0 Å². The molecular formula is C19H18O2. The van der Waals surface area contributed by atoms with Gasteiger partial charge in [0.2, 0.25) is 0 Å². The molecule has 0 bridgehead atoms. The Hall–Kier alpha value is -2.22. The molecule has 0 fully saturated rings. The molecule has 2 aromatic rings. The lowest BCUT2D eigenvalue weighted by Gasteiger charge is -2.32. The monoisotopic (exact) mass is 278 g/mol. The van der Waals surface area contributed by atoms with Gasteiger partial charge >= 0.3 is 0 Å². The number of hydrogen-bond acceptors (Lipinski definition) is 2. The smallest absolute Gasteiger partial charge is 0.169 e. The molecule has 0 aromatic heterocycles. The lowest BCUT2D eigenvalue weighted by atomic mass is 9.69. The minimum atomic E-state index is -0.582. The Kier molecular flexibility index (Phi) is 3.46. The first kappa shape index (κ1) is 13.7. The van der Waals surface area contributed by atoms with Crippen molar-refractivity contribution in [3.8, 4) is 0 Å². The first-order valence-electron chi connectivity index (χ1n) is 7.31. The van der Waals surface area contributed by atoms with Crippen molar-refractivity contribution < 1.29 is 9.59 Å².